The number of rotatable bonds is 2. The average molecular weight is 204 g/mol. The monoisotopic (exact) mass is 204 g/mol. The van der Waals surface area contributed by atoms with Gasteiger partial charge in [0.15, 0.2) is 0 Å². The van der Waals surface area contributed by atoms with Crippen molar-refractivity contribution in [3.8, 4) is 0 Å². The van der Waals surface area contributed by atoms with Gasteiger partial charge < -0.3 is 21.7 Å². The first-order valence-corrected chi connectivity index (χ1v) is 2.27. The van der Waals surface area contributed by atoms with Gasteiger partial charge in [-0.25, -0.2) is 0 Å². The molecule has 0 saturated carbocycles. The van der Waals surface area contributed by atoms with Crippen LogP contribution in [0.15, 0.2) is 0 Å². The van der Waals surface area contributed by atoms with Crippen molar-refractivity contribution in [3.63, 3.8) is 0 Å². The van der Waals surface area contributed by atoms with Crippen LogP contribution in [0.4, 0.5) is 0 Å². The van der Waals surface area contributed by atoms with E-state index in [1.807, 2.05) is 0 Å². The van der Waals surface area contributed by atoms with Crippen molar-refractivity contribution >= 4 is 11.9 Å². The molecule has 11 heavy (non-hydrogen) atoms. The Morgan fingerprint density at radius 1 is 1.00 bits per heavy atom. The number of hydrogen-bond donors (Lipinski definition) is 2. The first-order valence-electron chi connectivity index (χ1n) is 2.27. The van der Waals surface area contributed by atoms with Crippen molar-refractivity contribution in [2.45, 2.75) is 0 Å². The molecule has 0 heterocycles. The molecule has 6 nitrogen and oxygen atoms in total. The second-order valence-corrected chi connectivity index (χ2v) is 1.14. The second-order valence-electron chi connectivity index (χ2n) is 1.14. The average Bonchev–Trinajstić information content (AvgIpc) is 1.89. The van der Waals surface area contributed by atoms with E-state index >= 15 is 0 Å². The summed E-state index contributed by atoms with van der Waals surface area (Å²) in [5, 5.41) is 15.1. The van der Waals surface area contributed by atoms with Gasteiger partial charge in [-0.15, -0.1) is 0 Å². The summed E-state index contributed by atoms with van der Waals surface area (Å²) in [6, 6.07) is 0. The van der Waals surface area contributed by atoms with Crippen molar-refractivity contribution in [2.24, 2.45) is 0 Å². The van der Waals surface area contributed by atoms with Gasteiger partial charge >= 0.3 is 17.1 Å². The van der Waals surface area contributed by atoms with Gasteiger partial charge in [-0.3, -0.25) is 9.59 Å². The SMILES string of the molecule is [Fe+2].[NH-]CC(=O)O.[NH-]CC(=O)O. The topological polar surface area (TPSA) is 122 Å². The largest absolute Gasteiger partial charge is 2.00 e. The van der Waals surface area contributed by atoms with Gasteiger partial charge in [-0.1, -0.05) is 13.1 Å². The Kier molecular flexibility index (Phi) is 18.4. The van der Waals surface area contributed by atoms with Gasteiger partial charge in [0.05, 0.1) is 0 Å². The third-order valence-corrected chi connectivity index (χ3v) is 0.302. The van der Waals surface area contributed by atoms with Crippen molar-refractivity contribution in [2.75, 3.05) is 13.1 Å². The van der Waals surface area contributed by atoms with Gasteiger partial charge in [0.1, 0.15) is 0 Å². The third kappa shape index (κ3) is 44.7. The van der Waals surface area contributed by atoms with Crippen LogP contribution in [0, 0.1) is 0 Å². The van der Waals surface area contributed by atoms with Crippen LogP contribution >= 0.6 is 0 Å². The van der Waals surface area contributed by atoms with Crippen LogP contribution in [-0.2, 0) is 26.7 Å². The Hall–Kier alpha value is -0.621. The number of carbonyl (C=O) groups is 2. The first-order chi connectivity index (χ1) is 4.54. The molecule has 0 rings (SSSR count). The number of hydrogen-bond acceptors (Lipinski definition) is 2. The summed E-state index contributed by atoms with van der Waals surface area (Å²) in [7, 11) is 0. The number of aliphatic carboxylic acids is 2. The standard InChI is InChI=1S/2C2H4NO2.Fe/c2*3-1-2(4)5;/h2*3H,1H2,(H,4,5);/q2*-1;+2. The molecular formula is C4H8FeN2O4. The van der Waals surface area contributed by atoms with Crippen LogP contribution in [0.5, 0.6) is 0 Å². The summed E-state index contributed by atoms with van der Waals surface area (Å²) in [5.41, 5.74) is 12.1. The van der Waals surface area contributed by atoms with Gasteiger partial charge in [-0.05, 0) is 0 Å². The molecule has 0 aromatic heterocycles. The van der Waals surface area contributed by atoms with Gasteiger partial charge in [0.2, 0.25) is 0 Å². The fourth-order valence-electron chi connectivity index (χ4n) is 0. The molecule has 0 aliphatic carbocycles. The molecule has 0 fully saturated rings. The zero-order valence-electron chi connectivity index (χ0n) is 5.48. The van der Waals surface area contributed by atoms with E-state index in [9.17, 15) is 9.59 Å². The van der Waals surface area contributed by atoms with Crippen LogP contribution in [-0.4, -0.2) is 35.2 Å². The van der Waals surface area contributed by atoms with E-state index in [1.165, 1.54) is 0 Å². The molecule has 0 saturated heterocycles. The van der Waals surface area contributed by atoms with E-state index in [0.29, 0.717) is 0 Å². The normalized spacial score (nSPS) is 6.73. The maximum absolute atomic E-state index is 9.18. The summed E-state index contributed by atoms with van der Waals surface area (Å²) in [6.45, 7) is -1.06. The van der Waals surface area contributed by atoms with Crippen LogP contribution < -0.4 is 0 Å². The Labute approximate surface area is 74.0 Å². The van der Waals surface area contributed by atoms with E-state index in [4.69, 9.17) is 21.7 Å². The van der Waals surface area contributed by atoms with E-state index in [0.717, 1.165) is 0 Å². The molecule has 0 unspecified atom stereocenters. The van der Waals surface area contributed by atoms with E-state index in [-0.39, 0.29) is 17.1 Å². The van der Waals surface area contributed by atoms with Gasteiger partial charge in [-0.2, -0.15) is 0 Å². The zero-order valence-corrected chi connectivity index (χ0v) is 6.58. The molecule has 0 amide bonds. The van der Waals surface area contributed by atoms with E-state index in [2.05, 4.69) is 0 Å². The Morgan fingerprint density at radius 2 is 1.09 bits per heavy atom. The number of carboxylic acid groups (broad SMARTS) is 2. The molecule has 0 spiro atoms. The second kappa shape index (κ2) is 12.1. The third-order valence-electron chi connectivity index (χ3n) is 0.302. The summed E-state index contributed by atoms with van der Waals surface area (Å²) in [6.07, 6.45) is 0. The molecule has 4 N–H and O–H groups in total. The van der Waals surface area contributed by atoms with Crippen molar-refractivity contribution < 1.29 is 36.9 Å². The molecule has 0 radical (unpaired) electrons. The maximum Gasteiger partial charge on any atom is 2.00 e. The minimum absolute atomic E-state index is 0. The smallest absolute Gasteiger partial charge is 0.668 e. The summed E-state index contributed by atoms with van der Waals surface area (Å²) >= 11 is 0. The van der Waals surface area contributed by atoms with E-state index in [1.54, 1.807) is 0 Å². The predicted octanol–water partition coefficient (Wildman–Crippen LogP) is 0.244. The summed E-state index contributed by atoms with van der Waals surface area (Å²) < 4.78 is 0. The zero-order chi connectivity index (χ0) is 8.57. The van der Waals surface area contributed by atoms with Gasteiger partial charge in [0, 0.05) is 0 Å². The number of carboxylic acids is 2. The van der Waals surface area contributed by atoms with Crippen molar-refractivity contribution in [3.05, 3.63) is 11.5 Å². The summed E-state index contributed by atoms with van der Waals surface area (Å²) in [4.78, 5) is 18.4. The molecule has 0 aliphatic rings. The fourth-order valence-corrected chi connectivity index (χ4v) is 0. The number of nitrogens with one attached hydrogen (secondary N) is 2. The Morgan fingerprint density at radius 3 is 1.09 bits per heavy atom. The molecule has 0 aliphatic heterocycles. The van der Waals surface area contributed by atoms with Gasteiger partial charge in [0.25, 0.3) is 11.9 Å². The first kappa shape index (κ1) is 16.8. The van der Waals surface area contributed by atoms with Crippen molar-refractivity contribution in [1.29, 1.82) is 0 Å². The predicted molar refractivity (Wildman–Crippen MR) is 33.6 cm³/mol. The van der Waals surface area contributed by atoms with Crippen LogP contribution in [0.2, 0.25) is 0 Å². The molecule has 0 aromatic carbocycles. The van der Waals surface area contributed by atoms with Crippen LogP contribution in [0.3, 0.4) is 0 Å². The van der Waals surface area contributed by atoms with Crippen LogP contribution in [0.1, 0.15) is 0 Å². The molecule has 0 atom stereocenters. The molecular weight excluding hydrogens is 196 g/mol. The minimum atomic E-state index is -1.08. The van der Waals surface area contributed by atoms with Crippen LogP contribution in [0.25, 0.3) is 11.5 Å². The Balaban J connectivity index is -0.000000107. The quantitative estimate of drug-likeness (QED) is 0.625. The molecule has 7 heteroatoms. The summed E-state index contributed by atoms with van der Waals surface area (Å²) in [5.74, 6) is -2.16. The minimum Gasteiger partial charge on any atom is -0.668 e. The molecule has 0 aromatic rings. The van der Waals surface area contributed by atoms with E-state index < -0.39 is 25.0 Å². The molecule has 66 valence electrons. The maximum atomic E-state index is 9.18. The van der Waals surface area contributed by atoms with Crippen molar-refractivity contribution in [1.82, 2.24) is 0 Å². The molecule has 0 bridgehead atoms. The Bertz CT molecular complexity index is 105. The fraction of sp³-hybridized carbons (Fsp3) is 0.500.